The molecule has 0 aromatic heterocycles. The van der Waals surface area contributed by atoms with Gasteiger partial charge in [-0.15, -0.1) is 11.8 Å². The van der Waals surface area contributed by atoms with E-state index in [-0.39, 0.29) is 5.91 Å². The molecule has 1 fully saturated rings. The van der Waals surface area contributed by atoms with Crippen LogP contribution in [-0.2, 0) is 11.2 Å². The van der Waals surface area contributed by atoms with E-state index in [2.05, 4.69) is 18.2 Å². The Kier molecular flexibility index (Phi) is 5.41. The van der Waals surface area contributed by atoms with Gasteiger partial charge in [0.15, 0.2) is 5.17 Å². The Morgan fingerprint density at radius 2 is 1.87 bits per heavy atom. The van der Waals surface area contributed by atoms with Crippen molar-refractivity contribution in [3.8, 4) is 0 Å². The van der Waals surface area contributed by atoms with Gasteiger partial charge < -0.3 is 0 Å². The van der Waals surface area contributed by atoms with Crippen molar-refractivity contribution in [2.24, 2.45) is 4.99 Å². The van der Waals surface area contributed by atoms with E-state index in [9.17, 15) is 4.79 Å². The molecule has 23 heavy (non-hydrogen) atoms. The molecular weight excluding hydrogens is 324 g/mol. The van der Waals surface area contributed by atoms with Crippen LogP contribution in [0.2, 0.25) is 0 Å². The summed E-state index contributed by atoms with van der Waals surface area (Å²) in [7, 11) is 0. The lowest BCUT2D eigenvalue weighted by Crippen LogP contribution is -2.31. The summed E-state index contributed by atoms with van der Waals surface area (Å²) < 4.78 is 0. The van der Waals surface area contributed by atoms with Crippen molar-refractivity contribution in [3.05, 3.63) is 60.2 Å². The average molecular weight is 342 g/mol. The zero-order valence-corrected chi connectivity index (χ0v) is 14.6. The van der Waals surface area contributed by atoms with Gasteiger partial charge in [0.1, 0.15) is 0 Å². The van der Waals surface area contributed by atoms with E-state index in [1.165, 1.54) is 17.3 Å². The minimum Gasteiger partial charge on any atom is -0.290 e. The molecule has 0 N–H and O–H groups in total. The fourth-order valence-electron chi connectivity index (χ4n) is 2.41. The summed E-state index contributed by atoms with van der Waals surface area (Å²) in [5.74, 6) is 0.626. The first-order valence-electron chi connectivity index (χ1n) is 7.47. The lowest BCUT2D eigenvalue weighted by Gasteiger charge is -2.16. The zero-order chi connectivity index (χ0) is 16.1. The highest BCUT2D eigenvalue weighted by molar-refractivity contribution is 8.15. The molecule has 0 radical (unpaired) electrons. The predicted molar refractivity (Wildman–Crippen MR) is 99.6 cm³/mol. The van der Waals surface area contributed by atoms with Gasteiger partial charge in [0, 0.05) is 11.4 Å². The van der Waals surface area contributed by atoms with E-state index in [0.717, 1.165) is 22.2 Å². The van der Waals surface area contributed by atoms with E-state index in [1.807, 2.05) is 47.6 Å². The third-order valence-corrected chi connectivity index (χ3v) is 5.37. The van der Waals surface area contributed by atoms with Gasteiger partial charge in [0.25, 0.3) is 0 Å². The van der Waals surface area contributed by atoms with Gasteiger partial charge in [-0.05, 0) is 30.4 Å². The van der Waals surface area contributed by atoms with Crippen LogP contribution in [0, 0.1) is 0 Å². The summed E-state index contributed by atoms with van der Waals surface area (Å²) in [5, 5.41) is 0.812. The molecule has 0 atom stereocenters. The number of benzene rings is 2. The quantitative estimate of drug-likeness (QED) is 0.763. The van der Waals surface area contributed by atoms with E-state index in [1.54, 1.807) is 11.8 Å². The molecule has 0 saturated carbocycles. The molecule has 2 aromatic carbocycles. The molecule has 1 amide bonds. The fraction of sp³-hybridized carbons (Fsp3) is 0.222. The van der Waals surface area contributed by atoms with Gasteiger partial charge in [-0.2, -0.15) is 0 Å². The Labute approximate surface area is 145 Å². The summed E-state index contributed by atoms with van der Waals surface area (Å²) in [5.41, 5.74) is 2.17. The first kappa shape index (κ1) is 16.1. The molecule has 0 bridgehead atoms. The normalized spacial score (nSPS) is 16.3. The minimum absolute atomic E-state index is 0.145. The summed E-state index contributed by atoms with van der Waals surface area (Å²) in [6.45, 7) is 0.677. The summed E-state index contributed by atoms with van der Waals surface area (Å²) >= 11 is 3.20. The van der Waals surface area contributed by atoms with Crippen LogP contribution in [0.5, 0.6) is 0 Å². The molecule has 1 aliphatic rings. The maximum atomic E-state index is 12.2. The van der Waals surface area contributed by atoms with E-state index >= 15 is 0 Å². The molecule has 3 nitrogen and oxygen atoms in total. The highest BCUT2D eigenvalue weighted by Gasteiger charge is 2.27. The molecule has 2 aromatic rings. The average Bonchev–Trinajstić information content (AvgIpc) is 2.94. The van der Waals surface area contributed by atoms with Gasteiger partial charge in [0.05, 0.1) is 11.4 Å². The third-order valence-electron chi connectivity index (χ3n) is 3.62. The number of nitrogens with zero attached hydrogens (tertiary/aromatic N) is 2. The van der Waals surface area contributed by atoms with Gasteiger partial charge >= 0.3 is 0 Å². The van der Waals surface area contributed by atoms with Gasteiger partial charge in [-0.3, -0.25) is 9.69 Å². The highest BCUT2D eigenvalue weighted by atomic mass is 32.2. The van der Waals surface area contributed by atoms with Crippen molar-refractivity contribution in [1.29, 1.82) is 0 Å². The van der Waals surface area contributed by atoms with Crippen molar-refractivity contribution >= 4 is 40.3 Å². The first-order chi connectivity index (χ1) is 11.3. The fourth-order valence-corrected chi connectivity index (χ4v) is 3.87. The van der Waals surface area contributed by atoms with Crippen molar-refractivity contribution in [2.75, 3.05) is 18.6 Å². The van der Waals surface area contributed by atoms with Crippen LogP contribution < -0.4 is 0 Å². The maximum Gasteiger partial charge on any atom is 0.239 e. The third kappa shape index (κ3) is 3.98. The lowest BCUT2D eigenvalue weighted by molar-refractivity contribution is -0.124. The van der Waals surface area contributed by atoms with Crippen molar-refractivity contribution in [3.63, 3.8) is 0 Å². The predicted octanol–water partition coefficient (Wildman–Crippen LogP) is 4.21. The SMILES string of the molecule is CSc1ccccc1N=C1SCC(=O)N1CCc1ccccc1. The Hall–Kier alpha value is -1.72. The number of amides is 1. The van der Waals surface area contributed by atoms with Crippen molar-refractivity contribution in [2.45, 2.75) is 11.3 Å². The van der Waals surface area contributed by atoms with Crippen LogP contribution in [0.4, 0.5) is 5.69 Å². The topological polar surface area (TPSA) is 32.7 Å². The van der Waals surface area contributed by atoms with Crippen LogP contribution in [0.1, 0.15) is 5.56 Å². The van der Waals surface area contributed by atoms with Crippen LogP contribution in [0.15, 0.2) is 64.5 Å². The number of hydrogen-bond donors (Lipinski definition) is 0. The summed E-state index contributed by atoms with van der Waals surface area (Å²) in [4.78, 5) is 19.8. The highest BCUT2D eigenvalue weighted by Crippen LogP contribution is 2.30. The molecule has 3 rings (SSSR count). The second-order valence-corrected chi connectivity index (χ2v) is 6.93. The molecular formula is C18H18N2OS2. The molecule has 5 heteroatoms. The number of para-hydroxylation sites is 1. The molecule has 118 valence electrons. The van der Waals surface area contributed by atoms with Crippen molar-refractivity contribution in [1.82, 2.24) is 4.90 Å². The number of amidine groups is 1. The van der Waals surface area contributed by atoms with E-state index in [0.29, 0.717) is 12.3 Å². The smallest absolute Gasteiger partial charge is 0.239 e. The van der Waals surface area contributed by atoms with E-state index in [4.69, 9.17) is 4.99 Å². The van der Waals surface area contributed by atoms with Crippen LogP contribution in [-0.4, -0.2) is 34.5 Å². The molecule has 1 saturated heterocycles. The molecule has 1 heterocycles. The maximum absolute atomic E-state index is 12.2. The van der Waals surface area contributed by atoms with Crippen LogP contribution in [0.25, 0.3) is 0 Å². The van der Waals surface area contributed by atoms with Crippen molar-refractivity contribution < 1.29 is 4.79 Å². The number of aliphatic imine (C=N–C) groups is 1. The zero-order valence-electron chi connectivity index (χ0n) is 12.9. The van der Waals surface area contributed by atoms with Crippen LogP contribution in [0.3, 0.4) is 0 Å². The number of hydrogen-bond acceptors (Lipinski definition) is 4. The monoisotopic (exact) mass is 342 g/mol. The molecule has 0 spiro atoms. The molecule has 0 unspecified atom stereocenters. The number of carbonyl (C=O) groups is 1. The lowest BCUT2D eigenvalue weighted by atomic mass is 10.1. The molecule has 1 aliphatic heterocycles. The minimum atomic E-state index is 0.145. The summed E-state index contributed by atoms with van der Waals surface area (Å²) in [6, 6.07) is 18.3. The Morgan fingerprint density at radius 1 is 1.13 bits per heavy atom. The second kappa shape index (κ2) is 7.70. The van der Waals surface area contributed by atoms with Gasteiger partial charge in [0.2, 0.25) is 5.91 Å². The summed E-state index contributed by atoms with van der Waals surface area (Å²) in [6.07, 6.45) is 2.88. The van der Waals surface area contributed by atoms with Gasteiger partial charge in [-0.25, -0.2) is 4.99 Å². The van der Waals surface area contributed by atoms with Crippen LogP contribution >= 0.6 is 23.5 Å². The largest absolute Gasteiger partial charge is 0.290 e. The standard InChI is InChI=1S/C18H18N2OS2/c1-22-16-10-6-5-9-15(16)19-18-20(17(21)13-23-18)12-11-14-7-3-2-4-8-14/h2-10H,11-13H2,1H3. The van der Waals surface area contributed by atoms with Gasteiger partial charge in [-0.1, -0.05) is 54.2 Å². The number of rotatable bonds is 5. The number of carbonyl (C=O) groups excluding carboxylic acids is 1. The second-order valence-electron chi connectivity index (χ2n) is 5.14. The first-order valence-corrected chi connectivity index (χ1v) is 9.68. The Bertz CT molecular complexity index is 716. The van der Waals surface area contributed by atoms with E-state index < -0.39 is 0 Å². The molecule has 0 aliphatic carbocycles. The number of thioether (sulfide) groups is 2. The Balaban J connectivity index is 1.78. The Morgan fingerprint density at radius 3 is 2.65 bits per heavy atom.